The van der Waals surface area contributed by atoms with Crippen LogP contribution in [0.15, 0.2) is 17.1 Å². The normalized spacial score (nSPS) is 19.4. The molecule has 138 valence electrons. The molecule has 4 rings (SSSR count). The number of aromatic nitrogens is 3. The molecule has 9 heteroatoms. The standard InChI is InChI=1S/C17H21N5O3S/c1-11-8-18-16(26-11)19-17(24)21-5-2-3-13(21)9-22-15(23)7-12-10-25-6-4-14(12)20-22/h7-8,13H,2-6,9-10H2,1H3,(H,18,19,24). The average molecular weight is 375 g/mol. The minimum atomic E-state index is -0.166. The summed E-state index contributed by atoms with van der Waals surface area (Å²) in [6.45, 7) is 4.11. The molecule has 0 bridgehead atoms. The van der Waals surface area contributed by atoms with Crippen LogP contribution in [0.1, 0.15) is 29.0 Å². The average Bonchev–Trinajstić information content (AvgIpc) is 3.24. The predicted octanol–water partition coefficient (Wildman–Crippen LogP) is 1.78. The molecule has 1 atom stereocenters. The lowest BCUT2D eigenvalue weighted by Gasteiger charge is -2.25. The molecule has 4 heterocycles. The highest BCUT2D eigenvalue weighted by Crippen LogP contribution is 2.22. The van der Waals surface area contributed by atoms with Gasteiger partial charge in [-0.15, -0.1) is 11.3 Å². The summed E-state index contributed by atoms with van der Waals surface area (Å²) >= 11 is 1.45. The highest BCUT2D eigenvalue weighted by atomic mass is 32.1. The maximum absolute atomic E-state index is 12.6. The smallest absolute Gasteiger partial charge is 0.323 e. The molecule has 1 unspecified atom stereocenters. The van der Waals surface area contributed by atoms with Gasteiger partial charge in [0.2, 0.25) is 0 Å². The number of carbonyl (C=O) groups is 1. The SMILES string of the molecule is Cc1cnc(NC(=O)N2CCCC2Cn2nc3c(cc2=O)COCC3)s1. The number of likely N-dealkylation sites (tertiary alicyclic amines) is 1. The second-order valence-electron chi connectivity index (χ2n) is 6.63. The second-order valence-corrected chi connectivity index (χ2v) is 7.87. The van der Waals surface area contributed by atoms with Gasteiger partial charge in [0.1, 0.15) is 0 Å². The number of thiazole rings is 1. The van der Waals surface area contributed by atoms with Gasteiger partial charge < -0.3 is 9.64 Å². The van der Waals surface area contributed by atoms with Crippen LogP contribution < -0.4 is 10.9 Å². The van der Waals surface area contributed by atoms with E-state index in [1.807, 2.05) is 6.92 Å². The zero-order chi connectivity index (χ0) is 18.1. The number of nitrogens with one attached hydrogen (secondary N) is 1. The van der Waals surface area contributed by atoms with Crippen LogP contribution in [-0.4, -0.2) is 44.9 Å². The number of urea groups is 1. The molecule has 0 saturated carbocycles. The first-order chi connectivity index (χ1) is 12.6. The quantitative estimate of drug-likeness (QED) is 0.883. The van der Waals surface area contributed by atoms with Crippen molar-refractivity contribution < 1.29 is 9.53 Å². The summed E-state index contributed by atoms with van der Waals surface area (Å²) in [7, 11) is 0. The lowest BCUT2D eigenvalue weighted by atomic mass is 10.1. The van der Waals surface area contributed by atoms with Crippen molar-refractivity contribution in [1.82, 2.24) is 19.7 Å². The van der Waals surface area contributed by atoms with Gasteiger partial charge in [0, 0.05) is 35.7 Å². The van der Waals surface area contributed by atoms with E-state index in [4.69, 9.17) is 4.74 Å². The number of ether oxygens (including phenoxy) is 1. The van der Waals surface area contributed by atoms with Gasteiger partial charge in [0.05, 0.1) is 31.5 Å². The second kappa shape index (κ2) is 7.16. The molecule has 0 aliphatic carbocycles. The third kappa shape index (κ3) is 3.49. The summed E-state index contributed by atoms with van der Waals surface area (Å²) in [4.78, 5) is 32.0. The van der Waals surface area contributed by atoms with Gasteiger partial charge in [-0.1, -0.05) is 0 Å². The Morgan fingerprint density at radius 2 is 2.38 bits per heavy atom. The van der Waals surface area contributed by atoms with Crippen LogP contribution in [-0.2, 0) is 24.3 Å². The Bertz CT molecular complexity index is 878. The van der Waals surface area contributed by atoms with Crippen LogP contribution in [0.25, 0.3) is 0 Å². The zero-order valence-electron chi connectivity index (χ0n) is 14.6. The molecular formula is C17H21N5O3S. The van der Waals surface area contributed by atoms with Gasteiger partial charge in [0.15, 0.2) is 5.13 Å². The highest BCUT2D eigenvalue weighted by Gasteiger charge is 2.30. The molecule has 8 nitrogen and oxygen atoms in total. The Balaban J connectivity index is 1.48. The number of nitrogens with zero attached hydrogens (tertiary/aromatic N) is 4. The molecule has 2 aliphatic heterocycles. The molecule has 1 N–H and O–H groups in total. The summed E-state index contributed by atoms with van der Waals surface area (Å²) in [6, 6.07) is 1.40. The van der Waals surface area contributed by atoms with Crippen LogP contribution in [0.2, 0.25) is 0 Å². The fourth-order valence-electron chi connectivity index (χ4n) is 3.45. The molecule has 1 fully saturated rings. The predicted molar refractivity (Wildman–Crippen MR) is 97.5 cm³/mol. The summed E-state index contributed by atoms with van der Waals surface area (Å²) < 4.78 is 6.87. The maximum atomic E-state index is 12.6. The number of amides is 2. The lowest BCUT2D eigenvalue weighted by molar-refractivity contribution is 0.107. The number of hydrogen-bond acceptors (Lipinski definition) is 6. The molecule has 0 radical (unpaired) electrons. The third-order valence-corrected chi connectivity index (χ3v) is 5.59. The monoisotopic (exact) mass is 375 g/mol. The van der Waals surface area contributed by atoms with E-state index in [1.165, 1.54) is 16.0 Å². The van der Waals surface area contributed by atoms with Gasteiger partial charge in [-0.2, -0.15) is 5.10 Å². The molecule has 1 saturated heterocycles. The molecule has 2 aliphatic rings. The van der Waals surface area contributed by atoms with Crippen molar-refractivity contribution in [3.63, 3.8) is 0 Å². The van der Waals surface area contributed by atoms with E-state index in [1.54, 1.807) is 17.2 Å². The summed E-state index contributed by atoms with van der Waals surface area (Å²) in [6.07, 6.45) is 4.23. The van der Waals surface area contributed by atoms with E-state index in [9.17, 15) is 9.59 Å². The van der Waals surface area contributed by atoms with Crippen molar-refractivity contribution in [1.29, 1.82) is 0 Å². The number of rotatable bonds is 3. The summed E-state index contributed by atoms with van der Waals surface area (Å²) in [5, 5.41) is 7.97. The van der Waals surface area contributed by atoms with Crippen molar-refractivity contribution >= 4 is 22.5 Å². The van der Waals surface area contributed by atoms with Crippen molar-refractivity contribution in [2.45, 2.75) is 45.4 Å². The summed E-state index contributed by atoms with van der Waals surface area (Å²) in [5.74, 6) is 0. The molecule has 2 aromatic rings. The van der Waals surface area contributed by atoms with Crippen LogP contribution in [0, 0.1) is 6.92 Å². The first kappa shape index (κ1) is 17.2. The van der Waals surface area contributed by atoms with Crippen LogP contribution >= 0.6 is 11.3 Å². The Morgan fingerprint density at radius 3 is 3.19 bits per heavy atom. The Kier molecular flexibility index (Phi) is 4.73. The van der Waals surface area contributed by atoms with Gasteiger partial charge >= 0.3 is 6.03 Å². The molecule has 0 aromatic carbocycles. The molecule has 2 aromatic heterocycles. The number of fused-ring (bicyclic) bond motifs is 1. The van der Waals surface area contributed by atoms with E-state index < -0.39 is 0 Å². The highest BCUT2D eigenvalue weighted by molar-refractivity contribution is 7.15. The number of aryl methyl sites for hydroxylation is 1. The minimum Gasteiger partial charge on any atom is -0.376 e. The van der Waals surface area contributed by atoms with Crippen LogP contribution in [0.5, 0.6) is 0 Å². The summed E-state index contributed by atoms with van der Waals surface area (Å²) in [5.41, 5.74) is 1.65. The molecule has 2 amide bonds. The lowest BCUT2D eigenvalue weighted by Crippen LogP contribution is -2.43. The molecule has 26 heavy (non-hydrogen) atoms. The Labute approximate surface area is 154 Å². The number of anilines is 1. The fourth-order valence-corrected chi connectivity index (χ4v) is 4.11. The Morgan fingerprint density at radius 1 is 1.50 bits per heavy atom. The van der Waals surface area contributed by atoms with E-state index in [0.29, 0.717) is 37.9 Å². The minimum absolute atomic E-state index is 0.0425. The maximum Gasteiger partial charge on any atom is 0.323 e. The van der Waals surface area contributed by atoms with Gasteiger partial charge in [0.25, 0.3) is 5.56 Å². The first-order valence-electron chi connectivity index (χ1n) is 8.78. The van der Waals surface area contributed by atoms with E-state index >= 15 is 0 Å². The first-order valence-corrected chi connectivity index (χ1v) is 9.59. The van der Waals surface area contributed by atoms with Gasteiger partial charge in [-0.05, 0) is 19.8 Å². The fraction of sp³-hybridized carbons (Fsp3) is 0.529. The Hall–Kier alpha value is -2.26. The largest absolute Gasteiger partial charge is 0.376 e. The number of carbonyl (C=O) groups excluding carboxylic acids is 1. The van der Waals surface area contributed by atoms with E-state index in [-0.39, 0.29) is 17.6 Å². The molecular weight excluding hydrogens is 354 g/mol. The van der Waals surface area contributed by atoms with Crippen molar-refractivity contribution in [3.8, 4) is 0 Å². The van der Waals surface area contributed by atoms with Crippen LogP contribution in [0.3, 0.4) is 0 Å². The van der Waals surface area contributed by atoms with Gasteiger partial charge in [-0.3, -0.25) is 10.1 Å². The number of hydrogen-bond donors (Lipinski definition) is 1. The topological polar surface area (TPSA) is 89.4 Å². The van der Waals surface area contributed by atoms with Crippen molar-refractivity contribution in [2.75, 3.05) is 18.5 Å². The van der Waals surface area contributed by atoms with Gasteiger partial charge in [-0.25, -0.2) is 14.5 Å². The van der Waals surface area contributed by atoms with Crippen molar-refractivity contribution in [3.05, 3.63) is 38.8 Å². The van der Waals surface area contributed by atoms with Crippen molar-refractivity contribution in [2.24, 2.45) is 0 Å². The van der Waals surface area contributed by atoms with E-state index in [0.717, 1.165) is 29.0 Å². The zero-order valence-corrected chi connectivity index (χ0v) is 15.4. The van der Waals surface area contributed by atoms with Crippen LogP contribution in [0.4, 0.5) is 9.93 Å². The van der Waals surface area contributed by atoms with E-state index in [2.05, 4.69) is 15.4 Å². The molecule has 0 spiro atoms. The third-order valence-electron chi connectivity index (χ3n) is 4.76.